The Morgan fingerprint density at radius 3 is 3.00 bits per heavy atom. The molecule has 1 saturated heterocycles. The Morgan fingerprint density at radius 2 is 2.29 bits per heavy atom. The fourth-order valence-corrected chi connectivity index (χ4v) is 2.49. The zero-order valence-corrected chi connectivity index (χ0v) is 12.3. The fraction of sp³-hybridized carbons (Fsp3) is 0.533. The van der Waals surface area contributed by atoms with Crippen LogP contribution in [0.2, 0.25) is 0 Å². The molecule has 2 rings (SSSR count). The second-order valence-electron chi connectivity index (χ2n) is 5.45. The SMILES string of the molecule is Cc1ccc(F)cc1NC(=O)CN1CC(C)OC(CO)C1. The Morgan fingerprint density at radius 1 is 1.52 bits per heavy atom. The number of amides is 1. The summed E-state index contributed by atoms with van der Waals surface area (Å²) < 4.78 is 18.7. The lowest BCUT2D eigenvalue weighted by molar-refractivity contribution is -0.124. The number of aliphatic hydroxyl groups excluding tert-OH is 1. The van der Waals surface area contributed by atoms with Gasteiger partial charge in [0, 0.05) is 18.8 Å². The van der Waals surface area contributed by atoms with E-state index in [-0.39, 0.29) is 37.1 Å². The highest BCUT2D eigenvalue weighted by Crippen LogP contribution is 2.16. The normalized spacial score (nSPS) is 23.0. The highest BCUT2D eigenvalue weighted by Gasteiger charge is 2.26. The van der Waals surface area contributed by atoms with E-state index in [1.807, 2.05) is 18.7 Å². The van der Waals surface area contributed by atoms with Gasteiger partial charge in [-0.15, -0.1) is 0 Å². The molecule has 1 heterocycles. The molecule has 1 fully saturated rings. The first-order chi connectivity index (χ1) is 9.97. The van der Waals surface area contributed by atoms with Crippen LogP contribution in [-0.2, 0) is 9.53 Å². The van der Waals surface area contributed by atoms with Gasteiger partial charge in [0.1, 0.15) is 5.82 Å². The van der Waals surface area contributed by atoms with Crippen molar-refractivity contribution in [3.63, 3.8) is 0 Å². The molecule has 2 N–H and O–H groups in total. The van der Waals surface area contributed by atoms with Gasteiger partial charge in [0.05, 0.1) is 25.4 Å². The van der Waals surface area contributed by atoms with E-state index in [0.717, 1.165) is 5.56 Å². The molecule has 116 valence electrons. The molecule has 21 heavy (non-hydrogen) atoms. The van der Waals surface area contributed by atoms with Crippen molar-refractivity contribution in [2.45, 2.75) is 26.1 Å². The highest BCUT2D eigenvalue weighted by molar-refractivity contribution is 5.92. The number of halogens is 1. The van der Waals surface area contributed by atoms with E-state index < -0.39 is 0 Å². The standard InChI is InChI=1S/C15H21FN2O3/c1-10-3-4-12(16)5-14(10)17-15(20)8-18-6-11(2)21-13(7-18)9-19/h3-5,11,13,19H,6-9H2,1-2H3,(H,17,20). The van der Waals surface area contributed by atoms with Crippen molar-refractivity contribution in [1.82, 2.24) is 4.90 Å². The predicted molar refractivity (Wildman–Crippen MR) is 77.6 cm³/mol. The molecule has 0 bridgehead atoms. The first-order valence-corrected chi connectivity index (χ1v) is 7.02. The van der Waals surface area contributed by atoms with Crippen LogP contribution in [0.25, 0.3) is 0 Å². The quantitative estimate of drug-likeness (QED) is 0.875. The Bertz CT molecular complexity index is 510. The Balaban J connectivity index is 1.93. The Hall–Kier alpha value is -1.50. The van der Waals surface area contributed by atoms with Gasteiger partial charge in [-0.2, -0.15) is 0 Å². The lowest BCUT2D eigenvalue weighted by Crippen LogP contribution is -2.50. The number of nitrogens with zero attached hydrogens (tertiary/aromatic N) is 1. The van der Waals surface area contributed by atoms with Gasteiger partial charge in [0.2, 0.25) is 5.91 Å². The molecular formula is C15H21FN2O3. The number of aliphatic hydroxyl groups is 1. The zero-order chi connectivity index (χ0) is 15.4. The van der Waals surface area contributed by atoms with Crippen molar-refractivity contribution < 1.29 is 19.0 Å². The smallest absolute Gasteiger partial charge is 0.238 e. The summed E-state index contributed by atoms with van der Waals surface area (Å²) in [6.45, 7) is 4.99. The van der Waals surface area contributed by atoms with Crippen LogP contribution in [0.5, 0.6) is 0 Å². The molecule has 5 nitrogen and oxygen atoms in total. The van der Waals surface area contributed by atoms with Crippen LogP contribution in [0.3, 0.4) is 0 Å². The lowest BCUT2D eigenvalue weighted by atomic mass is 10.2. The molecule has 1 aromatic rings. The minimum absolute atomic E-state index is 0.0281. The molecule has 0 spiro atoms. The molecule has 6 heteroatoms. The van der Waals surface area contributed by atoms with Crippen LogP contribution in [0.15, 0.2) is 18.2 Å². The van der Waals surface area contributed by atoms with Crippen molar-refractivity contribution >= 4 is 11.6 Å². The number of rotatable bonds is 4. The zero-order valence-electron chi connectivity index (χ0n) is 12.3. The molecule has 0 saturated carbocycles. The molecular weight excluding hydrogens is 275 g/mol. The van der Waals surface area contributed by atoms with Crippen molar-refractivity contribution in [2.24, 2.45) is 0 Å². The van der Waals surface area contributed by atoms with E-state index >= 15 is 0 Å². The summed E-state index contributed by atoms with van der Waals surface area (Å²) in [5, 5.41) is 11.9. The number of ether oxygens (including phenoxy) is 1. The average molecular weight is 296 g/mol. The number of nitrogens with one attached hydrogen (secondary N) is 1. The maximum atomic E-state index is 13.2. The average Bonchev–Trinajstić information content (AvgIpc) is 2.42. The molecule has 0 aromatic heterocycles. The maximum absolute atomic E-state index is 13.2. The Labute approximate surface area is 123 Å². The summed E-state index contributed by atoms with van der Waals surface area (Å²) in [5.74, 6) is -0.578. The first-order valence-electron chi connectivity index (χ1n) is 7.02. The minimum atomic E-state index is -0.378. The summed E-state index contributed by atoms with van der Waals surface area (Å²) in [6, 6.07) is 4.30. The molecule has 0 radical (unpaired) electrons. The van der Waals surface area contributed by atoms with Gasteiger partial charge in [0.15, 0.2) is 0 Å². The molecule has 1 aliphatic rings. The molecule has 1 aromatic carbocycles. The van der Waals surface area contributed by atoms with Crippen LogP contribution in [-0.4, -0.2) is 54.4 Å². The number of hydrogen-bond donors (Lipinski definition) is 2. The number of carbonyl (C=O) groups excluding carboxylic acids is 1. The number of carbonyl (C=O) groups is 1. The number of anilines is 1. The van der Waals surface area contributed by atoms with Gasteiger partial charge in [-0.25, -0.2) is 4.39 Å². The lowest BCUT2D eigenvalue weighted by Gasteiger charge is -2.35. The largest absolute Gasteiger partial charge is 0.394 e. The summed E-state index contributed by atoms with van der Waals surface area (Å²) in [6.07, 6.45) is -0.294. The van der Waals surface area contributed by atoms with E-state index in [2.05, 4.69) is 5.32 Å². The van der Waals surface area contributed by atoms with Crippen molar-refractivity contribution in [3.8, 4) is 0 Å². The topological polar surface area (TPSA) is 61.8 Å². The van der Waals surface area contributed by atoms with Gasteiger partial charge >= 0.3 is 0 Å². The van der Waals surface area contributed by atoms with Gasteiger partial charge in [-0.3, -0.25) is 9.69 Å². The van der Waals surface area contributed by atoms with Gasteiger partial charge < -0.3 is 15.2 Å². The van der Waals surface area contributed by atoms with Crippen LogP contribution >= 0.6 is 0 Å². The molecule has 2 unspecified atom stereocenters. The van der Waals surface area contributed by atoms with E-state index in [1.54, 1.807) is 6.07 Å². The van der Waals surface area contributed by atoms with Crippen molar-refractivity contribution in [1.29, 1.82) is 0 Å². The first kappa shape index (κ1) is 15.9. The third kappa shape index (κ3) is 4.49. The highest BCUT2D eigenvalue weighted by atomic mass is 19.1. The molecule has 0 aliphatic carbocycles. The molecule has 1 aliphatic heterocycles. The number of hydrogen-bond acceptors (Lipinski definition) is 4. The van der Waals surface area contributed by atoms with Crippen LogP contribution in [0, 0.1) is 12.7 Å². The number of morpholine rings is 1. The van der Waals surface area contributed by atoms with E-state index in [0.29, 0.717) is 18.8 Å². The van der Waals surface area contributed by atoms with Crippen LogP contribution in [0.1, 0.15) is 12.5 Å². The van der Waals surface area contributed by atoms with E-state index in [4.69, 9.17) is 9.84 Å². The second kappa shape index (κ2) is 6.98. The second-order valence-corrected chi connectivity index (χ2v) is 5.45. The van der Waals surface area contributed by atoms with Gasteiger partial charge in [-0.1, -0.05) is 6.07 Å². The maximum Gasteiger partial charge on any atom is 0.238 e. The molecule has 1 amide bonds. The van der Waals surface area contributed by atoms with E-state index in [9.17, 15) is 9.18 Å². The number of benzene rings is 1. The van der Waals surface area contributed by atoms with Crippen molar-refractivity contribution in [2.75, 3.05) is 31.6 Å². The number of aryl methyl sites for hydroxylation is 1. The van der Waals surface area contributed by atoms with Gasteiger partial charge in [-0.05, 0) is 31.5 Å². The fourth-order valence-electron chi connectivity index (χ4n) is 2.49. The van der Waals surface area contributed by atoms with E-state index in [1.165, 1.54) is 12.1 Å². The summed E-state index contributed by atoms with van der Waals surface area (Å²) in [5.41, 5.74) is 1.30. The van der Waals surface area contributed by atoms with Gasteiger partial charge in [0.25, 0.3) is 0 Å². The van der Waals surface area contributed by atoms with Crippen LogP contribution in [0.4, 0.5) is 10.1 Å². The molecule has 2 atom stereocenters. The summed E-state index contributed by atoms with van der Waals surface area (Å²) in [7, 11) is 0. The summed E-state index contributed by atoms with van der Waals surface area (Å²) in [4.78, 5) is 14.0. The van der Waals surface area contributed by atoms with Crippen LogP contribution < -0.4 is 5.32 Å². The third-order valence-corrected chi connectivity index (χ3v) is 3.45. The Kier molecular flexibility index (Phi) is 5.27. The monoisotopic (exact) mass is 296 g/mol. The summed E-state index contributed by atoms with van der Waals surface area (Å²) >= 11 is 0. The minimum Gasteiger partial charge on any atom is -0.394 e. The van der Waals surface area contributed by atoms with Crippen molar-refractivity contribution in [3.05, 3.63) is 29.6 Å². The predicted octanol–water partition coefficient (Wildman–Crippen LogP) is 1.15. The third-order valence-electron chi connectivity index (χ3n) is 3.45.